The maximum atomic E-state index is 12.6. The number of nitrogens with one attached hydrogen (secondary N) is 1. The van der Waals surface area contributed by atoms with E-state index < -0.39 is 0 Å². The molecule has 3 N–H and O–H groups in total. The molecule has 2 bridgehead atoms. The van der Waals surface area contributed by atoms with Crippen molar-refractivity contribution in [2.24, 2.45) is 23.5 Å². The van der Waals surface area contributed by atoms with Crippen molar-refractivity contribution in [3.05, 3.63) is 28.8 Å². The molecule has 3 rings (SSSR count). The van der Waals surface area contributed by atoms with E-state index in [1.54, 1.807) is 0 Å². The second-order valence-corrected chi connectivity index (χ2v) is 6.70. The van der Waals surface area contributed by atoms with Gasteiger partial charge in [0.2, 0.25) is 5.91 Å². The molecule has 2 aliphatic rings. The summed E-state index contributed by atoms with van der Waals surface area (Å²) >= 11 is 0. The number of anilines is 1. The molecule has 1 amide bonds. The van der Waals surface area contributed by atoms with Crippen LogP contribution >= 0.6 is 0 Å². The Kier molecular flexibility index (Phi) is 3.33. The van der Waals surface area contributed by atoms with Crippen molar-refractivity contribution in [1.29, 1.82) is 0 Å². The van der Waals surface area contributed by atoms with Crippen LogP contribution in [0.5, 0.6) is 0 Å². The minimum absolute atomic E-state index is 0.00820. The van der Waals surface area contributed by atoms with Crippen LogP contribution in [0.15, 0.2) is 12.1 Å². The summed E-state index contributed by atoms with van der Waals surface area (Å²) in [7, 11) is 0. The van der Waals surface area contributed by atoms with E-state index in [9.17, 15) is 4.79 Å². The molecule has 3 nitrogen and oxygen atoms in total. The zero-order chi connectivity index (χ0) is 14.4. The lowest BCUT2D eigenvalue weighted by molar-refractivity contribution is -0.121. The quantitative estimate of drug-likeness (QED) is 0.869. The Hall–Kier alpha value is -1.35. The first-order valence-corrected chi connectivity index (χ1v) is 7.61. The molecular formula is C17H24N2O. The van der Waals surface area contributed by atoms with Gasteiger partial charge in [-0.3, -0.25) is 4.79 Å². The van der Waals surface area contributed by atoms with Gasteiger partial charge in [0.15, 0.2) is 0 Å². The Bertz CT molecular complexity index is 527. The van der Waals surface area contributed by atoms with E-state index >= 15 is 0 Å². The normalized spacial score (nSPS) is 31.6. The Morgan fingerprint density at radius 3 is 2.30 bits per heavy atom. The Balaban J connectivity index is 1.80. The summed E-state index contributed by atoms with van der Waals surface area (Å²) < 4.78 is 0. The van der Waals surface area contributed by atoms with Gasteiger partial charge in [-0.2, -0.15) is 0 Å². The highest BCUT2D eigenvalue weighted by Gasteiger charge is 2.49. The Labute approximate surface area is 120 Å². The molecule has 1 aromatic carbocycles. The van der Waals surface area contributed by atoms with E-state index in [1.165, 1.54) is 18.4 Å². The predicted octanol–water partition coefficient (Wildman–Crippen LogP) is 2.92. The minimum Gasteiger partial charge on any atom is -0.327 e. The number of hydrogen-bond acceptors (Lipinski definition) is 2. The van der Waals surface area contributed by atoms with Crippen LogP contribution in [-0.2, 0) is 4.79 Å². The van der Waals surface area contributed by atoms with E-state index in [4.69, 9.17) is 5.73 Å². The highest BCUT2D eigenvalue weighted by molar-refractivity contribution is 5.95. The maximum absolute atomic E-state index is 12.6. The summed E-state index contributed by atoms with van der Waals surface area (Å²) in [6.07, 6.45) is 3.52. The zero-order valence-electron chi connectivity index (χ0n) is 12.6. The van der Waals surface area contributed by atoms with Crippen LogP contribution in [0, 0.1) is 38.5 Å². The lowest BCUT2D eigenvalue weighted by Crippen LogP contribution is -2.42. The largest absolute Gasteiger partial charge is 0.327 e. The van der Waals surface area contributed by atoms with Gasteiger partial charge < -0.3 is 11.1 Å². The second kappa shape index (κ2) is 4.88. The molecule has 0 aliphatic heterocycles. The number of amides is 1. The predicted molar refractivity (Wildman–Crippen MR) is 81.6 cm³/mol. The van der Waals surface area contributed by atoms with Crippen molar-refractivity contribution in [1.82, 2.24) is 0 Å². The van der Waals surface area contributed by atoms with Crippen LogP contribution in [0.2, 0.25) is 0 Å². The third-order valence-corrected chi connectivity index (χ3v) is 5.21. The van der Waals surface area contributed by atoms with Crippen molar-refractivity contribution in [2.75, 3.05) is 5.32 Å². The first-order valence-electron chi connectivity index (χ1n) is 7.61. The van der Waals surface area contributed by atoms with Crippen molar-refractivity contribution in [3.63, 3.8) is 0 Å². The molecule has 2 aliphatic carbocycles. The molecule has 2 fully saturated rings. The lowest BCUT2D eigenvalue weighted by atomic mass is 9.84. The number of carbonyl (C=O) groups is 1. The van der Waals surface area contributed by atoms with Gasteiger partial charge in [0.05, 0.1) is 5.92 Å². The molecule has 0 saturated heterocycles. The van der Waals surface area contributed by atoms with Crippen molar-refractivity contribution >= 4 is 11.6 Å². The van der Waals surface area contributed by atoms with E-state index in [-0.39, 0.29) is 17.9 Å². The first-order chi connectivity index (χ1) is 9.47. The highest BCUT2D eigenvalue weighted by atomic mass is 16.2. The van der Waals surface area contributed by atoms with Crippen molar-refractivity contribution in [2.45, 2.75) is 46.1 Å². The number of benzene rings is 1. The minimum atomic E-state index is 0.00820. The Morgan fingerprint density at radius 2 is 1.75 bits per heavy atom. The molecule has 0 aromatic heterocycles. The van der Waals surface area contributed by atoms with Crippen LogP contribution in [0.1, 0.15) is 36.0 Å². The van der Waals surface area contributed by atoms with Crippen LogP contribution in [0.3, 0.4) is 0 Å². The molecule has 0 radical (unpaired) electrons. The summed E-state index contributed by atoms with van der Waals surface area (Å²) in [5.74, 6) is 1.20. The van der Waals surface area contributed by atoms with Crippen LogP contribution in [0.4, 0.5) is 5.69 Å². The summed E-state index contributed by atoms with van der Waals surface area (Å²) in [5, 5.41) is 3.14. The van der Waals surface area contributed by atoms with Gasteiger partial charge >= 0.3 is 0 Å². The molecule has 3 heteroatoms. The van der Waals surface area contributed by atoms with Gasteiger partial charge in [-0.15, -0.1) is 0 Å². The molecule has 0 spiro atoms. The SMILES string of the molecule is Cc1cc(C)c(NC(=O)C2C3CCC(C3)C2N)c(C)c1. The molecule has 0 heterocycles. The maximum Gasteiger partial charge on any atom is 0.229 e. The summed E-state index contributed by atoms with van der Waals surface area (Å²) in [5.41, 5.74) is 10.7. The number of hydrogen-bond donors (Lipinski definition) is 2. The number of rotatable bonds is 2. The van der Waals surface area contributed by atoms with Gasteiger partial charge in [-0.05, 0) is 63.0 Å². The fraction of sp³-hybridized carbons (Fsp3) is 0.588. The third kappa shape index (κ3) is 2.14. The van der Waals surface area contributed by atoms with Crippen LogP contribution < -0.4 is 11.1 Å². The standard InChI is InChI=1S/C17H24N2O/c1-9-6-10(2)16(11(3)7-9)19-17(20)14-12-4-5-13(8-12)15(14)18/h6-7,12-15H,4-5,8,18H2,1-3H3,(H,19,20). The van der Waals surface area contributed by atoms with Gasteiger partial charge in [0.1, 0.15) is 0 Å². The molecule has 20 heavy (non-hydrogen) atoms. The van der Waals surface area contributed by atoms with Gasteiger partial charge in [0.25, 0.3) is 0 Å². The number of aryl methyl sites for hydroxylation is 3. The van der Waals surface area contributed by atoms with Gasteiger partial charge in [-0.25, -0.2) is 0 Å². The molecule has 4 atom stereocenters. The summed E-state index contributed by atoms with van der Waals surface area (Å²) in [4.78, 5) is 12.6. The van der Waals surface area contributed by atoms with Crippen molar-refractivity contribution < 1.29 is 4.79 Å². The fourth-order valence-corrected chi connectivity index (χ4v) is 4.31. The van der Waals surface area contributed by atoms with Gasteiger partial charge in [0, 0.05) is 11.7 Å². The molecule has 1 aromatic rings. The zero-order valence-corrected chi connectivity index (χ0v) is 12.6. The number of carbonyl (C=O) groups excluding carboxylic acids is 1. The smallest absolute Gasteiger partial charge is 0.229 e. The first kappa shape index (κ1) is 13.6. The van der Waals surface area contributed by atoms with E-state index in [2.05, 4.69) is 38.2 Å². The lowest BCUT2D eigenvalue weighted by Gasteiger charge is -2.27. The van der Waals surface area contributed by atoms with Crippen LogP contribution in [-0.4, -0.2) is 11.9 Å². The monoisotopic (exact) mass is 272 g/mol. The van der Waals surface area contributed by atoms with E-state index in [1.807, 2.05) is 0 Å². The number of fused-ring (bicyclic) bond motifs is 2. The summed E-state index contributed by atoms with van der Waals surface area (Å²) in [6, 6.07) is 4.28. The highest BCUT2D eigenvalue weighted by Crippen LogP contribution is 2.48. The average Bonchev–Trinajstić information content (AvgIpc) is 2.94. The number of nitrogens with two attached hydrogens (primary N) is 1. The van der Waals surface area contributed by atoms with E-state index in [0.29, 0.717) is 11.8 Å². The van der Waals surface area contributed by atoms with Crippen molar-refractivity contribution in [3.8, 4) is 0 Å². The average molecular weight is 272 g/mol. The molecule has 2 saturated carbocycles. The van der Waals surface area contributed by atoms with Gasteiger partial charge in [-0.1, -0.05) is 17.7 Å². The second-order valence-electron chi connectivity index (χ2n) is 6.70. The summed E-state index contributed by atoms with van der Waals surface area (Å²) in [6.45, 7) is 6.18. The third-order valence-electron chi connectivity index (χ3n) is 5.21. The van der Waals surface area contributed by atoms with E-state index in [0.717, 1.165) is 23.2 Å². The molecular weight excluding hydrogens is 248 g/mol. The Morgan fingerprint density at radius 1 is 1.15 bits per heavy atom. The molecule has 108 valence electrons. The molecule has 4 unspecified atom stereocenters. The van der Waals surface area contributed by atoms with Crippen LogP contribution in [0.25, 0.3) is 0 Å². The topological polar surface area (TPSA) is 55.1 Å². The fourth-order valence-electron chi connectivity index (χ4n) is 4.31.